The van der Waals surface area contributed by atoms with Crippen molar-refractivity contribution in [1.29, 1.82) is 0 Å². The maximum Gasteiger partial charge on any atom is 0.0710 e. The molecule has 2 aliphatic rings. The van der Waals surface area contributed by atoms with E-state index in [-0.39, 0.29) is 5.60 Å². The fourth-order valence-corrected chi connectivity index (χ4v) is 3.13. The zero-order valence-corrected chi connectivity index (χ0v) is 10.5. The summed E-state index contributed by atoms with van der Waals surface area (Å²) in [5.41, 5.74) is 0.270. The van der Waals surface area contributed by atoms with E-state index < -0.39 is 0 Å². The molecule has 2 saturated heterocycles. The van der Waals surface area contributed by atoms with Gasteiger partial charge in [0.2, 0.25) is 0 Å². The molecule has 2 rings (SSSR count). The Morgan fingerprint density at radius 2 is 2.00 bits per heavy atom. The van der Waals surface area contributed by atoms with Gasteiger partial charge in [-0.2, -0.15) is 0 Å². The lowest BCUT2D eigenvalue weighted by Gasteiger charge is -2.37. The summed E-state index contributed by atoms with van der Waals surface area (Å²) >= 11 is 0. The fraction of sp³-hybridized carbons (Fsp3) is 1.00. The summed E-state index contributed by atoms with van der Waals surface area (Å²) in [6.45, 7) is 8.09. The minimum Gasteiger partial charge on any atom is -0.375 e. The van der Waals surface area contributed by atoms with Crippen molar-refractivity contribution in [1.82, 2.24) is 4.90 Å². The molecule has 0 aliphatic carbocycles. The number of ether oxygens (including phenoxy) is 1. The van der Waals surface area contributed by atoms with Gasteiger partial charge in [-0.3, -0.25) is 0 Å². The van der Waals surface area contributed by atoms with E-state index >= 15 is 0 Å². The fourth-order valence-electron chi connectivity index (χ4n) is 3.13. The summed E-state index contributed by atoms with van der Waals surface area (Å²) in [4.78, 5) is 2.42. The minimum atomic E-state index is 0.270. The van der Waals surface area contributed by atoms with Crippen molar-refractivity contribution < 1.29 is 4.74 Å². The lowest BCUT2D eigenvalue weighted by molar-refractivity contribution is -0.0395. The quantitative estimate of drug-likeness (QED) is 0.696. The zero-order chi connectivity index (χ0) is 10.9. The molecule has 0 aromatic heterocycles. The first-order chi connectivity index (χ1) is 7.10. The second-order valence-electron chi connectivity index (χ2n) is 6.00. The van der Waals surface area contributed by atoms with Crippen LogP contribution in [0, 0.1) is 11.8 Å². The van der Waals surface area contributed by atoms with Gasteiger partial charge in [0, 0.05) is 13.1 Å². The van der Waals surface area contributed by atoms with Gasteiger partial charge in [0.05, 0.1) is 12.2 Å². The highest BCUT2D eigenvalue weighted by molar-refractivity contribution is 4.93. The average molecular weight is 211 g/mol. The molecular weight excluding hydrogens is 186 g/mol. The molecule has 0 amide bonds. The highest BCUT2D eigenvalue weighted by Crippen LogP contribution is 2.40. The number of hydrogen-bond acceptors (Lipinski definition) is 2. The van der Waals surface area contributed by atoms with Crippen molar-refractivity contribution in [2.75, 3.05) is 26.7 Å². The number of hydrogen-bond donors (Lipinski definition) is 0. The minimum absolute atomic E-state index is 0.270. The molecule has 15 heavy (non-hydrogen) atoms. The largest absolute Gasteiger partial charge is 0.375 e. The molecule has 0 saturated carbocycles. The molecule has 2 heterocycles. The monoisotopic (exact) mass is 211 g/mol. The van der Waals surface area contributed by atoms with Crippen LogP contribution >= 0.6 is 0 Å². The molecule has 2 nitrogen and oxygen atoms in total. The van der Waals surface area contributed by atoms with Gasteiger partial charge in [0.25, 0.3) is 0 Å². The van der Waals surface area contributed by atoms with Gasteiger partial charge in [-0.1, -0.05) is 13.8 Å². The van der Waals surface area contributed by atoms with Gasteiger partial charge < -0.3 is 9.64 Å². The van der Waals surface area contributed by atoms with Crippen molar-refractivity contribution in [3.63, 3.8) is 0 Å². The summed E-state index contributed by atoms with van der Waals surface area (Å²) in [5, 5.41) is 0. The first kappa shape index (κ1) is 11.4. The third-order valence-corrected chi connectivity index (χ3v) is 3.99. The van der Waals surface area contributed by atoms with Gasteiger partial charge >= 0.3 is 0 Å². The van der Waals surface area contributed by atoms with Crippen LogP contribution in [0.1, 0.15) is 39.5 Å². The Balaban J connectivity index is 1.85. The SMILES string of the molecule is CC(C)CC1COC2(CCN(C)CC2)C1. The van der Waals surface area contributed by atoms with Gasteiger partial charge in [-0.25, -0.2) is 0 Å². The first-order valence-electron chi connectivity index (χ1n) is 6.42. The van der Waals surface area contributed by atoms with Gasteiger partial charge in [0.1, 0.15) is 0 Å². The van der Waals surface area contributed by atoms with E-state index in [2.05, 4.69) is 25.8 Å². The molecule has 0 bridgehead atoms. The normalized spacial score (nSPS) is 31.6. The average Bonchev–Trinajstić information content (AvgIpc) is 2.54. The summed E-state index contributed by atoms with van der Waals surface area (Å²) in [6.07, 6.45) is 5.16. The van der Waals surface area contributed by atoms with E-state index in [9.17, 15) is 0 Å². The van der Waals surface area contributed by atoms with E-state index in [1.807, 2.05) is 0 Å². The van der Waals surface area contributed by atoms with E-state index in [0.29, 0.717) is 0 Å². The van der Waals surface area contributed by atoms with E-state index in [4.69, 9.17) is 4.74 Å². The molecule has 0 radical (unpaired) electrons. The van der Waals surface area contributed by atoms with Crippen LogP contribution in [0.5, 0.6) is 0 Å². The van der Waals surface area contributed by atoms with Crippen LogP contribution in [0.2, 0.25) is 0 Å². The predicted molar refractivity (Wildman–Crippen MR) is 63.0 cm³/mol. The molecule has 1 spiro atoms. The number of likely N-dealkylation sites (tertiary alicyclic amines) is 1. The van der Waals surface area contributed by atoms with E-state index in [1.54, 1.807) is 0 Å². The highest BCUT2D eigenvalue weighted by Gasteiger charge is 2.41. The van der Waals surface area contributed by atoms with Crippen molar-refractivity contribution in [3.8, 4) is 0 Å². The summed E-state index contributed by atoms with van der Waals surface area (Å²) < 4.78 is 6.12. The molecule has 2 aliphatic heterocycles. The molecule has 2 fully saturated rings. The Kier molecular flexibility index (Phi) is 3.36. The Morgan fingerprint density at radius 3 is 2.60 bits per heavy atom. The van der Waals surface area contributed by atoms with Crippen LogP contribution in [0.4, 0.5) is 0 Å². The molecule has 2 heteroatoms. The van der Waals surface area contributed by atoms with Gasteiger partial charge in [0.15, 0.2) is 0 Å². The summed E-state index contributed by atoms with van der Waals surface area (Å²) in [7, 11) is 2.22. The van der Waals surface area contributed by atoms with Crippen molar-refractivity contribution in [3.05, 3.63) is 0 Å². The van der Waals surface area contributed by atoms with Gasteiger partial charge in [-0.05, 0) is 44.6 Å². The Hall–Kier alpha value is -0.0800. The number of nitrogens with zero attached hydrogens (tertiary/aromatic N) is 1. The third kappa shape index (κ3) is 2.73. The summed E-state index contributed by atoms with van der Waals surface area (Å²) in [6, 6.07) is 0. The zero-order valence-electron chi connectivity index (χ0n) is 10.5. The third-order valence-electron chi connectivity index (χ3n) is 3.99. The van der Waals surface area contributed by atoms with Crippen molar-refractivity contribution in [2.24, 2.45) is 11.8 Å². The van der Waals surface area contributed by atoms with E-state index in [0.717, 1.165) is 18.4 Å². The second kappa shape index (κ2) is 4.42. The second-order valence-corrected chi connectivity index (χ2v) is 6.00. The lowest BCUT2D eigenvalue weighted by atomic mass is 9.83. The van der Waals surface area contributed by atoms with Crippen molar-refractivity contribution >= 4 is 0 Å². The van der Waals surface area contributed by atoms with Crippen LogP contribution in [0.25, 0.3) is 0 Å². The lowest BCUT2D eigenvalue weighted by Crippen LogP contribution is -2.42. The summed E-state index contributed by atoms with van der Waals surface area (Å²) in [5.74, 6) is 1.65. The van der Waals surface area contributed by atoms with Crippen LogP contribution in [0.3, 0.4) is 0 Å². The standard InChI is InChI=1S/C13H25NO/c1-11(2)8-12-9-13(15-10-12)4-6-14(3)7-5-13/h11-12H,4-10H2,1-3H3. The Labute approximate surface area is 94.0 Å². The Bertz CT molecular complexity index is 207. The maximum absolute atomic E-state index is 6.12. The van der Waals surface area contributed by atoms with Crippen LogP contribution in [-0.2, 0) is 4.74 Å². The van der Waals surface area contributed by atoms with Crippen LogP contribution in [-0.4, -0.2) is 37.2 Å². The number of piperidine rings is 1. The molecule has 1 atom stereocenters. The topological polar surface area (TPSA) is 12.5 Å². The van der Waals surface area contributed by atoms with E-state index in [1.165, 1.54) is 38.8 Å². The molecular formula is C13H25NO. The maximum atomic E-state index is 6.12. The highest BCUT2D eigenvalue weighted by atomic mass is 16.5. The number of rotatable bonds is 2. The first-order valence-corrected chi connectivity index (χ1v) is 6.42. The van der Waals surface area contributed by atoms with Crippen molar-refractivity contribution in [2.45, 2.75) is 45.1 Å². The molecule has 0 aromatic rings. The molecule has 1 unspecified atom stereocenters. The Morgan fingerprint density at radius 1 is 1.33 bits per heavy atom. The molecule has 0 N–H and O–H groups in total. The van der Waals surface area contributed by atoms with Crippen LogP contribution in [0.15, 0.2) is 0 Å². The van der Waals surface area contributed by atoms with Crippen LogP contribution < -0.4 is 0 Å². The molecule has 88 valence electrons. The molecule has 0 aromatic carbocycles. The smallest absolute Gasteiger partial charge is 0.0710 e. The van der Waals surface area contributed by atoms with Gasteiger partial charge in [-0.15, -0.1) is 0 Å². The predicted octanol–water partition coefficient (Wildman–Crippen LogP) is 2.53.